The zero-order chi connectivity index (χ0) is 15.9. The lowest BCUT2D eigenvalue weighted by atomic mass is 10.2. The number of para-hydroxylation sites is 2. The minimum atomic E-state index is -0.285. The number of carbonyl (C=O) groups excluding carboxylic acids is 2. The van der Waals surface area contributed by atoms with Gasteiger partial charge in [0.1, 0.15) is 5.69 Å². The second-order valence-electron chi connectivity index (χ2n) is 5.05. The number of halogens is 1. The minimum absolute atomic E-state index is 0.170. The monoisotopic (exact) mass is 318 g/mol. The van der Waals surface area contributed by atoms with Crippen molar-refractivity contribution < 1.29 is 9.59 Å². The first-order valence-corrected chi connectivity index (χ1v) is 7.41. The lowest BCUT2D eigenvalue weighted by Crippen LogP contribution is -2.27. The molecular weight excluding hydrogens is 304 g/mol. The third kappa shape index (κ3) is 2.16. The first-order valence-electron chi connectivity index (χ1n) is 6.87. The zero-order valence-electron chi connectivity index (χ0n) is 12.3. The first kappa shape index (κ1) is 14.6. The Morgan fingerprint density at radius 3 is 2.82 bits per heavy atom. The van der Waals surface area contributed by atoms with Crippen LogP contribution in [0.2, 0.25) is 0 Å². The van der Waals surface area contributed by atoms with Crippen LogP contribution in [0.25, 0.3) is 0 Å². The van der Waals surface area contributed by atoms with E-state index in [1.165, 1.54) is 9.58 Å². The minimum Gasteiger partial charge on any atom is -0.319 e. The van der Waals surface area contributed by atoms with Gasteiger partial charge in [0.15, 0.2) is 5.69 Å². The topological polar surface area (TPSA) is 67.2 Å². The fourth-order valence-corrected chi connectivity index (χ4v) is 2.86. The maximum absolute atomic E-state index is 12.6. The van der Waals surface area contributed by atoms with Gasteiger partial charge in [-0.15, -0.1) is 11.6 Å². The van der Waals surface area contributed by atoms with Crippen molar-refractivity contribution in [1.82, 2.24) is 9.78 Å². The summed E-state index contributed by atoms with van der Waals surface area (Å²) in [6.45, 7) is 1.78. The Kier molecular flexibility index (Phi) is 3.62. The van der Waals surface area contributed by atoms with E-state index >= 15 is 0 Å². The zero-order valence-corrected chi connectivity index (χ0v) is 13.0. The number of anilines is 3. The normalized spacial score (nSPS) is 13.2. The molecule has 0 spiro atoms. The van der Waals surface area contributed by atoms with Gasteiger partial charge in [0, 0.05) is 19.3 Å². The van der Waals surface area contributed by atoms with Gasteiger partial charge in [0.05, 0.1) is 17.1 Å². The number of aromatic nitrogens is 2. The number of rotatable bonds is 2. The number of benzene rings is 1. The number of nitrogens with one attached hydrogen (secondary N) is 1. The molecule has 1 aromatic heterocycles. The largest absolute Gasteiger partial charge is 0.319 e. The molecule has 2 amide bonds. The molecule has 114 valence electrons. The Labute approximate surface area is 132 Å². The van der Waals surface area contributed by atoms with Gasteiger partial charge in [0.25, 0.3) is 5.91 Å². The molecule has 3 rings (SSSR count). The predicted octanol–water partition coefficient (Wildman–Crippen LogP) is 2.59. The number of fused-ring (bicyclic) bond motifs is 2. The van der Waals surface area contributed by atoms with E-state index in [2.05, 4.69) is 10.4 Å². The molecule has 2 heterocycles. The summed E-state index contributed by atoms with van der Waals surface area (Å²) in [5, 5.41) is 7.11. The molecule has 0 radical (unpaired) electrons. The third-order valence-corrected chi connectivity index (χ3v) is 3.77. The van der Waals surface area contributed by atoms with Crippen molar-refractivity contribution in [3.05, 3.63) is 35.7 Å². The van der Waals surface area contributed by atoms with Crippen LogP contribution in [0.3, 0.4) is 0 Å². The van der Waals surface area contributed by atoms with E-state index in [9.17, 15) is 9.59 Å². The fraction of sp³-hybridized carbons (Fsp3) is 0.267. The molecule has 0 saturated heterocycles. The average molecular weight is 319 g/mol. The van der Waals surface area contributed by atoms with E-state index in [0.717, 1.165) is 0 Å². The van der Waals surface area contributed by atoms with Crippen LogP contribution in [0.1, 0.15) is 22.6 Å². The van der Waals surface area contributed by atoms with Crippen LogP contribution in [0.4, 0.5) is 17.1 Å². The van der Waals surface area contributed by atoms with Crippen molar-refractivity contribution >= 4 is 40.5 Å². The van der Waals surface area contributed by atoms with Gasteiger partial charge >= 0.3 is 0 Å². The van der Waals surface area contributed by atoms with Gasteiger partial charge in [-0.05, 0) is 19.1 Å². The van der Waals surface area contributed by atoms with Gasteiger partial charge in [-0.2, -0.15) is 5.10 Å². The van der Waals surface area contributed by atoms with E-state index in [1.807, 2.05) is 12.1 Å². The number of carbonyl (C=O) groups is 2. The number of aryl methyl sites for hydroxylation is 2. The van der Waals surface area contributed by atoms with Crippen LogP contribution < -0.4 is 10.2 Å². The molecule has 22 heavy (non-hydrogen) atoms. The van der Waals surface area contributed by atoms with Crippen molar-refractivity contribution in [1.29, 1.82) is 0 Å². The summed E-state index contributed by atoms with van der Waals surface area (Å²) in [6, 6.07) is 7.19. The molecular formula is C15H15ClN4O2. The maximum atomic E-state index is 12.6. The SMILES string of the molecule is Cc1nn(C)c2c1N(C(=O)CCCl)c1ccccc1NC2=O. The molecule has 6 nitrogen and oxygen atoms in total. The Balaban J connectivity index is 2.29. The van der Waals surface area contributed by atoms with Gasteiger partial charge in [-0.25, -0.2) is 0 Å². The van der Waals surface area contributed by atoms with Gasteiger partial charge < -0.3 is 5.32 Å². The van der Waals surface area contributed by atoms with E-state index in [1.54, 1.807) is 26.1 Å². The van der Waals surface area contributed by atoms with Gasteiger partial charge in [-0.3, -0.25) is 19.2 Å². The highest BCUT2D eigenvalue weighted by molar-refractivity contribution is 6.21. The summed E-state index contributed by atoms with van der Waals surface area (Å²) in [5.41, 5.74) is 2.70. The molecule has 0 bridgehead atoms. The average Bonchev–Trinajstić information content (AvgIpc) is 2.68. The Hall–Kier alpha value is -2.34. The highest BCUT2D eigenvalue weighted by Gasteiger charge is 2.33. The number of alkyl halides is 1. The van der Waals surface area contributed by atoms with Crippen LogP contribution >= 0.6 is 11.6 Å². The van der Waals surface area contributed by atoms with E-state index in [4.69, 9.17) is 11.6 Å². The lowest BCUT2D eigenvalue weighted by Gasteiger charge is -2.22. The summed E-state index contributed by atoms with van der Waals surface area (Å²) in [7, 11) is 1.69. The fourth-order valence-electron chi connectivity index (χ4n) is 2.70. The van der Waals surface area contributed by atoms with Crippen molar-refractivity contribution in [2.75, 3.05) is 16.1 Å². The lowest BCUT2D eigenvalue weighted by molar-refractivity contribution is -0.117. The molecule has 1 aromatic carbocycles. The summed E-state index contributed by atoms with van der Waals surface area (Å²) >= 11 is 5.73. The van der Waals surface area contributed by atoms with Crippen LogP contribution in [-0.2, 0) is 11.8 Å². The molecule has 1 aliphatic rings. The van der Waals surface area contributed by atoms with Crippen LogP contribution in [0.5, 0.6) is 0 Å². The summed E-state index contributed by atoms with van der Waals surface area (Å²) in [5.74, 6) is -0.240. The van der Waals surface area contributed by atoms with Crippen LogP contribution in [0, 0.1) is 6.92 Å². The number of hydrogen-bond acceptors (Lipinski definition) is 3. The molecule has 1 N–H and O–H groups in total. The quantitative estimate of drug-likeness (QED) is 0.865. The molecule has 0 unspecified atom stereocenters. The van der Waals surface area contributed by atoms with Gasteiger partial charge in [0.2, 0.25) is 5.91 Å². The Bertz CT molecular complexity index is 769. The second-order valence-corrected chi connectivity index (χ2v) is 5.42. The molecule has 0 fully saturated rings. The van der Waals surface area contributed by atoms with E-state index < -0.39 is 0 Å². The molecule has 1 aliphatic heterocycles. The Morgan fingerprint density at radius 1 is 1.36 bits per heavy atom. The smallest absolute Gasteiger partial charge is 0.276 e. The van der Waals surface area contributed by atoms with Crippen molar-refractivity contribution in [3.8, 4) is 0 Å². The van der Waals surface area contributed by atoms with E-state index in [0.29, 0.717) is 28.5 Å². The second kappa shape index (κ2) is 5.46. The first-order chi connectivity index (χ1) is 10.5. The number of hydrogen-bond donors (Lipinski definition) is 1. The summed E-state index contributed by atoms with van der Waals surface area (Å²) in [6.07, 6.45) is 0.178. The molecule has 0 aliphatic carbocycles. The molecule has 7 heteroatoms. The van der Waals surface area contributed by atoms with E-state index in [-0.39, 0.29) is 24.1 Å². The number of amides is 2. The van der Waals surface area contributed by atoms with Crippen molar-refractivity contribution in [3.63, 3.8) is 0 Å². The molecule has 2 aromatic rings. The standard InChI is InChI=1S/C15H15ClN4O2/c1-9-13-14(19(2)18-9)15(22)17-10-5-3-4-6-11(10)20(13)12(21)7-8-16/h3-6H,7-8H2,1-2H3,(H,17,22). The maximum Gasteiger partial charge on any atom is 0.276 e. The molecule has 0 saturated carbocycles. The Morgan fingerprint density at radius 2 is 2.09 bits per heavy atom. The summed E-state index contributed by atoms with van der Waals surface area (Å²) < 4.78 is 1.49. The van der Waals surface area contributed by atoms with Crippen LogP contribution in [-0.4, -0.2) is 27.5 Å². The molecule has 0 atom stereocenters. The van der Waals surface area contributed by atoms with Crippen molar-refractivity contribution in [2.24, 2.45) is 7.05 Å². The van der Waals surface area contributed by atoms with Gasteiger partial charge in [-0.1, -0.05) is 12.1 Å². The summed E-state index contributed by atoms with van der Waals surface area (Å²) in [4.78, 5) is 26.6. The van der Waals surface area contributed by atoms with Crippen molar-refractivity contribution in [2.45, 2.75) is 13.3 Å². The highest BCUT2D eigenvalue weighted by Crippen LogP contribution is 2.39. The third-order valence-electron chi connectivity index (χ3n) is 3.58. The number of nitrogens with zero attached hydrogens (tertiary/aromatic N) is 3. The predicted molar refractivity (Wildman–Crippen MR) is 84.8 cm³/mol. The highest BCUT2D eigenvalue weighted by atomic mass is 35.5. The van der Waals surface area contributed by atoms with Crippen LogP contribution in [0.15, 0.2) is 24.3 Å².